The molecule has 0 heterocycles. The van der Waals surface area contributed by atoms with E-state index in [1.54, 1.807) is 0 Å². The van der Waals surface area contributed by atoms with Crippen LogP contribution >= 0.6 is 0 Å². The fourth-order valence-corrected chi connectivity index (χ4v) is 13.1. The number of anilines is 3. The Labute approximate surface area is 399 Å². The molecule has 0 unspecified atom stereocenters. The van der Waals surface area contributed by atoms with Gasteiger partial charge in [0.05, 0.1) is 5.41 Å². The Morgan fingerprint density at radius 2 is 0.632 bits per heavy atom. The molecule has 0 saturated heterocycles. The van der Waals surface area contributed by atoms with Gasteiger partial charge in [0.15, 0.2) is 0 Å². The maximum Gasteiger partial charge on any atom is 0.0726 e. The predicted molar refractivity (Wildman–Crippen MR) is 283 cm³/mol. The molecular weight excluding hydrogens is 819 g/mol. The van der Waals surface area contributed by atoms with Crippen LogP contribution < -0.4 is 4.90 Å². The summed E-state index contributed by atoms with van der Waals surface area (Å²) in [7, 11) is 0. The van der Waals surface area contributed by atoms with Gasteiger partial charge >= 0.3 is 0 Å². The highest BCUT2D eigenvalue weighted by molar-refractivity contribution is 5.98. The molecule has 4 aliphatic carbocycles. The summed E-state index contributed by atoms with van der Waals surface area (Å²) < 4.78 is 0. The number of hydrogen-bond donors (Lipinski definition) is 0. The van der Waals surface area contributed by atoms with Crippen LogP contribution in [0.5, 0.6) is 0 Å². The molecule has 10 aromatic rings. The molecule has 0 atom stereocenters. The molecule has 0 radical (unpaired) electrons. The van der Waals surface area contributed by atoms with E-state index in [2.05, 4.69) is 257 Å². The minimum atomic E-state index is -0.507. The standard InChI is InChI=1S/C67H49N/c1-65(2)57-25-12-8-21-49(57)53-33-29-45(39-62(53)65)44-30-36-61-56(38-44)55-35-32-48(41-64(55)67(61)59-27-14-10-23-51(59)52-24-11-15-28-60(52)67)68(46-20-16-19-43(37-46)42-17-6-5-7-18-42)47-31-34-54-50-22-9-13-26-58(50)66(3,4)63(54)40-47/h5-41H,1-4H3. The highest BCUT2D eigenvalue weighted by atomic mass is 15.1. The summed E-state index contributed by atoms with van der Waals surface area (Å²) in [5, 5.41) is 0. The van der Waals surface area contributed by atoms with Crippen LogP contribution in [0.3, 0.4) is 0 Å². The lowest BCUT2D eigenvalue weighted by Gasteiger charge is -2.32. The zero-order valence-corrected chi connectivity index (χ0v) is 38.8. The van der Waals surface area contributed by atoms with E-state index < -0.39 is 5.41 Å². The number of benzene rings is 10. The molecule has 0 aromatic heterocycles. The number of hydrogen-bond acceptors (Lipinski definition) is 1. The van der Waals surface area contributed by atoms with Crippen molar-refractivity contribution in [2.75, 3.05) is 4.90 Å². The van der Waals surface area contributed by atoms with Crippen molar-refractivity contribution in [3.63, 3.8) is 0 Å². The van der Waals surface area contributed by atoms with Crippen LogP contribution in [0.15, 0.2) is 224 Å². The molecule has 0 amide bonds. The normalized spacial score (nSPS) is 15.1. The molecule has 4 aliphatic rings. The lowest BCUT2D eigenvalue weighted by molar-refractivity contribution is 0.660. The van der Waals surface area contributed by atoms with Gasteiger partial charge in [-0.25, -0.2) is 0 Å². The summed E-state index contributed by atoms with van der Waals surface area (Å²) in [4.78, 5) is 2.51. The molecule has 1 heteroatoms. The molecule has 10 aromatic carbocycles. The van der Waals surface area contributed by atoms with E-state index in [0.717, 1.165) is 17.1 Å². The van der Waals surface area contributed by atoms with E-state index in [0.29, 0.717) is 0 Å². The summed E-state index contributed by atoms with van der Waals surface area (Å²) in [5.41, 5.74) is 29.0. The quantitative estimate of drug-likeness (QED) is 0.167. The third kappa shape index (κ3) is 5.22. The fourth-order valence-electron chi connectivity index (χ4n) is 13.1. The van der Waals surface area contributed by atoms with Gasteiger partial charge in [0.2, 0.25) is 0 Å². The Bertz CT molecular complexity index is 3710. The molecule has 0 aliphatic heterocycles. The van der Waals surface area contributed by atoms with Crippen molar-refractivity contribution < 1.29 is 0 Å². The number of rotatable bonds is 5. The average molecular weight is 868 g/mol. The number of fused-ring (bicyclic) bond motifs is 16. The van der Waals surface area contributed by atoms with Gasteiger partial charge in [-0.15, -0.1) is 0 Å². The molecule has 0 N–H and O–H groups in total. The molecule has 68 heavy (non-hydrogen) atoms. The molecule has 0 bridgehead atoms. The summed E-state index contributed by atoms with van der Waals surface area (Å²) in [6, 6.07) is 85.0. The van der Waals surface area contributed by atoms with Gasteiger partial charge in [-0.2, -0.15) is 0 Å². The molecule has 0 fully saturated rings. The smallest absolute Gasteiger partial charge is 0.0726 e. The molecule has 1 spiro atoms. The summed E-state index contributed by atoms with van der Waals surface area (Å²) in [6.07, 6.45) is 0. The van der Waals surface area contributed by atoms with E-state index in [4.69, 9.17) is 0 Å². The van der Waals surface area contributed by atoms with Crippen molar-refractivity contribution >= 4 is 17.1 Å². The lowest BCUT2D eigenvalue weighted by atomic mass is 9.70. The highest BCUT2D eigenvalue weighted by Gasteiger charge is 2.52. The van der Waals surface area contributed by atoms with Crippen molar-refractivity contribution in [1.82, 2.24) is 0 Å². The zero-order chi connectivity index (χ0) is 45.5. The minimum Gasteiger partial charge on any atom is -0.310 e. The van der Waals surface area contributed by atoms with Crippen molar-refractivity contribution in [2.45, 2.75) is 43.9 Å². The Morgan fingerprint density at radius 3 is 1.25 bits per heavy atom. The molecule has 1 nitrogen and oxygen atoms in total. The van der Waals surface area contributed by atoms with Crippen LogP contribution in [-0.2, 0) is 16.2 Å². The van der Waals surface area contributed by atoms with Gasteiger partial charge in [-0.3, -0.25) is 0 Å². The van der Waals surface area contributed by atoms with Gasteiger partial charge in [0.1, 0.15) is 0 Å². The second-order valence-corrected chi connectivity index (χ2v) is 20.4. The zero-order valence-electron chi connectivity index (χ0n) is 38.8. The van der Waals surface area contributed by atoms with Crippen molar-refractivity contribution in [3.8, 4) is 66.8 Å². The van der Waals surface area contributed by atoms with Crippen LogP contribution in [0.4, 0.5) is 17.1 Å². The van der Waals surface area contributed by atoms with Gasteiger partial charge < -0.3 is 4.90 Å². The van der Waals surface area contributed by atoms with E-state index >= 15 is 0 Å². The summed E-state index contributed by atoms with van der Waals surface area (Å²) in [6.45, 7) is 9.51. The Kier molecular flexibility index (Phi) is 8.08. The first-order chi connectivity index (χ1) is 33.2. The minimum absolute atomic E-state index is 0.0754. The molecule has 0 saturated carbocycles. The summed E-state index contributed by atoms with van der Waals surface area (Å²) >= 11 is 0. The van der Waals surface area contributed by atoms with Crippen LogP contribution in [0, 0.1) is 0 Å². The summed E-state index contributed by atoms with van der Waals surface area (Å²) in [5.74, 6) is 0. The second kappa shape index (κ2) is 14.0. The van der Waals surface area contributed by atoms with Gasteiger partial charge in [-0.1, -0.05) is 204 Å². The van der Waals surface area contributed by atoms with Crippen LogP contribution in [0.2, 0.25) is 0 Å². The van der Waals surface area contributed by atoms with E-state index in [9.17, 15) is 0 Å². The van der Waals surface area contributed by atoms with Gasteiger partial charge in [-0.05, 0) is 160 Å². The van der Waals surface area contributed by atoms with E-state index in [-0.39, 0.29) is 10.8 Å². The maximum absolute atomic E-state index is 2.53. The Morgan fingerprint density at radius 1 is 0.235 bits per heavy atom. The third-order valence-electron chi connectivity index (χ3n) is 16.3. The van der Waals surface area contributed by atoms with Crippen LogP contribution in [0.25, 0.3) is 66.8 Å². The second-order valence-electron chi connectivity index (χ2n) is 20.4. The third-order valence-corrected chi connectivity index (χ3v) is 16.3. The topological polar surface area (TPSA) is 3.24 Å². The monoisotopic (exact) mass is 867 g/mol. The highest BCUT2D eigenvalue weighted by Crippen LogP contribution is 2.64. The largest absolute Gasteiger partial charge is 0.310 e. The fraction of sp³-hybridized carbons (Fsp3) is 0.104. The molecular formula is C67H49N. The predicted octanol–water partition coefficient (Wildman–Crippen LogP) is 17.4. The first kappa shape index (κ1) is 39.2. The van der Waals surface area contributed by atoms with E-state index in [1.165, 1.54) is 111 Å². The molecule has 14 rings (SSSR count). The Balaban J connectivity index is 0.996. The molecule has 322 valence electrons. The first-order valence-electron chi connectivity index (χ1n) is 24.2. The SMILES string of the molecule is CC1(C)c2ccccc2-c2ccc(-c3ccc4c(c3)-c3ccc(N(c5cccc(-c6ccccc6)c5)c5ccc6c(c5)C(C)(C)c5ccccc5-6)cc3C43c4ccccc4-c4ccccc43)cc21. The van der Waals surface area contributed by atoms with Gasteiger partial charge in [0.25, 0.3) is 0 Å². The lowest BCUT2D eigenvalue weighted by Crippen LogP contribution is -2.26. The van der Waals surface area contributed by atoms with Crippen molar-refractivity contribution in [1.29, 1.82) is 0 Å². The van der Waals surface area contributed by atoms with Crippen molar-refractivity contribution in [3.05, 3.63) is 269 Å². The average Bonchev–Trinajstić information content (AvgIpc) is 4.01. The maximum atomic E-state index is 2.53. The first-order valence-corrected chi connectivity index (χ1v) is 24.2. The Hall–Kier alpha value is -8.00. The van der Waals surface area contributed by atoms with E-state index in [1.807, 2.05) is 0 Å². The van der Waals surface area contributed by atoms with Crippen LogP contribution in [-0.4, -0.2) is 0 Å². The van der Waals surface area contributed by atoms with Gasteiger partial charge in [0, 0.05) is 27.9 Å². The number of nitrogens with zero attached hydrogens (tertiary/aromatic N) is 1. The van der Waals surface area contributed by atoms with Crippen LogP contribution in [0.1, 0.15) is 72.2 Å². The van der Waals surface area contributed by atoms with Crippen molar-refractivity contribution in [2.24, 2.45) is 0 Å².